The molecule has 16 heavy (non-hydrogen) atoms. The Kier molecular flexibility index (Phi) is 2.16. The Labute approximate surface area is 98.5 Å². The molecular weight excluding hydrogens is 194 g/mol. The van der Waals surface area contributed by atoms with E-state index in [0.717, 1.165) is 6.54 Å². The maximum Gasteiger partial charge on any atom is 0.0239 e. The molecule has 1 aliphatic carbocycles. The van der Waals surface area contributed by atoms with Crippen LogP contribution in [0.2, 0.25) is 0 Å². The first-order chi connectivity index (χ1) is 7.61. The molecule has 0 unspecified atom stereocenters. The van der Waals surface area contributed by atoms with Crippen LogP contribution in [-0.4, -0.2) is 17.5 Å². The summed E-state index contributed by atoms with van der Waals surface area (Å²) >= 11 is 0. The van der Waals surface area contributed by atoms with E-state index < -0.39 is 0 Å². The number of benzene rings is 1. The largest absolute Gasteiger partial charge is 0.296 e. The van der Waals surface area contributed by atoms with Crippen LogP contribution in [-0.2, 0) is 12.0 Å². The van der Waals surface area contributed by atoms with Crippen molar-refractivity contribution in [2.45, 2.75) is 51.6 Å². The van der Waals surface area contributed by atoms with Gasteiger partial charge in [-0.25, -0.2) is 0 Å². The van der Waals surface area contributed by atoms with Gasteiger partial charge in [0, 0.05) is 24.5 Å². The molecule has 0 radical (unpaired) electrons. The lowest BCUT2D eigenvalue weighted by atomic mass is 9.85. The quantitative estimate of drug-likeness (QED) is 0.695. The molecule has 0 aromatic heterocycles. The third kappa shape index (κ3) is 1.49. The molecule has 1 spiro atoms. The Morgan fingerprint density at radius 2 is 2.00 bits per heavy atom. The molecule has 1 aromatic rings. The third-order valence-electron chi connectivity index (χ3n) is 4.30. The van der Waals surface area contributed by atoms with E-state index in [1.807, 2.05) is 0 Å². The first-order valence-corrected chi connectivity index (χ1v) is 6.45. The van der Waals surface area contributed by atoms with Crippen LogP contribution < -0.4 is 0 Å². The molecule has 1 aromatic carbocycles. The Hall–Kier alpha value is -0.820. The molecule has 0 N–H and O–H groups in total. The number of rotatable bonds is 1. The van der Waals surface area contributed by atoms with Gasteiger partial charge in [-0.05, 0) is 44.7 Å². The standard InChI is InChI=1S/C15H21N/c1-11(2)16-9-13-8-12(3)4-5-14(13)15(10-16)6-7-15/h4-5,8,11H,6-7,9-10H2,1-3H3. The van der Waals surface area contributed by atoms with E-state index in [9.17, 15) is 0 Å². The first kappa shape index (κ1) is 10.3. The van der Waals surface area contributed by atoms with Gasteiger partial charge in [-0.15, -0.1) is 0 Å². The average Bonchev–Trinajstić information content (AvgIpc) is 2.97. The van der Waals surface area contributed by atoms with Crippen molar-refractivity contribution in [3.8, 4) is 0 Å². The van der Waals surface area contributed by atoms with E-state index in [-0.39, 0.29) is 0 Å². The smallest absolute Gasteiger partial charge is 0.0239 e. The SMILES string of the molecule is Cc1ccc2c(c1)CN(C(C)C)CC21CC1. The van der Waals surface area contributed by atoms with Crippen LogP contribution >= 0.6 is 0 Å². The lowest BCUT2D eigenvalue weighted by Crippen LogP contribution is -2.41. The molecule has 1 nitrogen and oxygen atoms in total. The number of hydrogen-bond donors (Lipinski definition) is 0. The Morgan fingerprint density at radius 3 is 2.62 bits per heavy atom. The number of fused-ring (bicyclic) bond motifs is 2. The molecule has 0 atom stereocenters. The zero-order valence-corrected chi connectivity index (χ0v) is 10.6. The molecule has 1 aliphatic heterocycles. The monoisotopic (exact) mass is 215 g/mol. The Balaban J connectivity index is 2.03. The van der Waals surface area contributed by atoms with Gasteiger partial charge in [0.15, 0.2) is 0 Å². The van der Waals surface area contributed by atoms with Crippen LogP contribution in [0.5, 0.6) is 0 Å². The minimum Gasteiger partial charge on any atom is -0.296 e. The van der Waals surface area contributed by atoms with Gasteiger partial charge in [-0.3, -0.25) is 4.90 Å². The molecule has 0 amide bonds. The normalized spacial score (nSPS) is 22.5. The minimum atomic E-state index is 0.533. The number of hydrogen-bond acceptors (Lipinski definition) is 1. The fourth-order valence-electron chi connectivity index (χ4n) is 3.06. The summed E-state index contributed by atoms with van der Waals surface area (Å²) in [6, 6.07) is 7.73. The van der Waals surface area contributed by atoms with Crippen molar-refractivity contribution in [1.29, 1.82) is 0 Å². The lowest BCUT2D eigenvalue weighted by Gasteiger charge is -2.37. The van der Waals surface area contributed by atoms with Gasteiger partial charge >= 0.3 is 0 Å². The molecule has 2 aliphatic rings. The van der Waals surface area contributed by atoms with Crippen LogP contribution in [0, 0.1) is 6.92 Å². The summed E-state index contributed by atoms with van der Waals surface area (Å²) in [4.78, 5) is 2.63. The highest BCUT2D eigenvalue weighted by molar-refractivity contribution is 5.43. The average molecular weight is 215 g/mol. The van der Waals surface area contributed by atoms with E-state index in [2.05, 4.69) is 43.9 Å². The second kappa shape index (κ2) is 3.33. The van der Waals surface area contributed by atoms with Gasteiger partial charge in [0.2, 0.25) is 0 Å². The molecule has 0 saturated heterocycles. The highest BCUT2D eigenvalue weighted by Gasteiger charge is 2.49. The zero-order valence-electron chi connectivity index (χ0n) is 10.6. The van der Waals surface area contributed by atoms with Crippen molar-refractivity contribution in [1.82, 2.24) is 4.90 Å². The Bertz CT molecular complexity index is 415. The van der Waals surface area contributed by atoms with E-state index >= 15 is 0 Å². The van der Waals surface area contributed by atoms with Crippen LogP contribution in [0.15, 0.2) is 18.2 Å². The van der Waals surface area contributed by atoms with Gasteiger partial charge < -0.3 is 0 Å². The van der Waals surface area contributed by atoms with Crippen molar-refractivity contribution < 1.29 is 0 Å². The summed E-state index contributed by atoms with van der Waals surface area (Å²) in [5, 5.41) is 0. The second-order valence-electron chi connectivity index (χ2n) is 5.94. The third-order valence-corrected chi connectivity index (χ3v) is 4.30. The maximum absolute atomic E-state index is 2.63. The molecule has 1 fully saturated rings. The van der Waals surface area contributed by atoms with E-state index in [1.54, 1.807) is 11.1 Å². The van der Waals surface area contributed by atoms with Crippen LogP contribution in [0.1, 0.15) is 43.4 Å². The molecule has 0 bridgehead atoms. The molecule has 1 heteroatoms. The molecule has 1 heterocycles. The van der Waals surface area contributed by atoms with Gasteiger partial charge in [-0.2, -0.15) is 0 Å². The van der Waals surface area contributed by atoms with Crippen LogP contribution in [0.3, 0.4) is 0 Å². The summed E-state index contributed by atoms with van der Waals surface area (Å²) in [5.41, 5.74) is 5.17. The number of nitrogens with zero attached hydrogens (tertiary/aromatic N) is 1. The van der Waals surface area contributed by atoms with Gasteiger partial charge in [0.25, 0.3) is 0 Å². The summed E-state index contributed by atoms with van der Waals surface area (Å²) in [6.45, 7) is 9.26. The molecule has 1 saturated carbocycles. The van der Waals surface area contributed by atoms with Crippen molar-refractivity contribution in [2.75, 3.05) is 6.54 Å². The minimum absolute atomic E-state index is 0.533. The van der Waals surface area contributed by atoms with Gasteiger partial charge in [0.05, 0.1) is 0 Å². The topological polar surface area (TPSA) is 3.24 Å². The van der Waals surface area contributed by atoms with Gasteiger partial charge in [0.1, 0.15) is 0 Å². The first-order valence-electron chi connectivity index (χ1n) is 6.45. The predicted molar refractivity (Wildman–Crippen MR) is 67.6 cm³/mol. The fraction of sp³-hybridized carbons (Fsp3) is 0.600. The van der Waals surface area contributed by atoms with Crippen LogP contribution in [0.25, 0.3) is 0 Å². The highest BCUT2D eigenvalue weighted by atomic mass is 15.2. The maximum atomic E-state index is 2.63. The van der Waals surface area contributed by atoms with E-state index in [1.165, 1.54) is 24.9 Å². The fourth-order valence-corrected chi connectivity index (χ4v) is 3.06. The van der Waals surface area contributed by atoms with E-state index in [4.69, 9.17) is 0 Å². The van der Waals surface area contributed by atoms with Crippen molar-refractivity contribution in [2.24, 2.45) is 0 Å². The van der Waals surface area contributed by atoms with Crippen molar-refractivity contribution in [3.63, 3.8) is 0 Å². The summed E-state index contributed by atoms with van der Waals surface area (Å²) in [6.07, 6.45) is 2.79. The Morgan fingerprint density at radius 1 is 1.25 bits per heavy atom. The van der Waals surface area contributed by atoms with Gasteiger partial charge in [-0.1, -0.05) is 23.8 Å². The summed E-state index contributed by atoms with van der Waals surface area (Å²) in [7, 11) is 0. The van der Waals surface area contributed by atoms with Crippen LogP contribution in [0.4, 0.5) is 0 Å². The van der Waals surface area contributed by atoms with E-state index in [0.29, 0.717) is 11.5 Å². The van der Waals surface area contributed by atoms with Crippen molar-refractivity contribution in [3.05, 3.63) is 34.9 Å². The van der Waals surface area contributed by atoms with Crippen molar-refractivity contribution >= 4 is 0 Å². The predicted octanol–water partition coefficient (Wildman–Crippen LogP) is 3.25. The zero-order chi connectivity index (χ0) is 11.3. The summed E-state index contributed by atoms with van der Waals surface area (Å²) < 4.78 is 0. The lowest BCUT2D eigenvalue weighted by molar-refractivity contribution is 0.176. The molecule has 3 rings (SSSR count). The molecular formula is C15H21N. The number of aryl methyl sites for hydroxylation is 1. The highest BCUT2D eigenvalue weighted by Crippen LogP contribution is 2.52. The second-order valence-corrected chi connectivity index (χ2v) is 5.94. The molecule has 86 valence electrons. The summed E-state index contributed by atoms with van der Waals surface area (Å²) in [5.74, 6) is 0.